The second-order valence-electron chi connectivity index (χ2n) is 10.1. The smallest absolute Gasteiger partial charge is 0.335 e. The largest absolute Gasteiger partial charge is 0.489 e. The first-order valence-electron chi connectivity index (χ1n) is 13.5. The number of ether oxygens (including phenoxy) is 3. The minimum atomic E-state index is -1.38. The molecule has 0 fully saturated rings. The molecule has 0 unspecified atom stereocenters. The van der Waals surface area contributed by atoms with Gasteiger partial charge in [0.15, 0.2) is 0 Å². The van der Waals surface area contributed by atoms with Crippen molar-refractivity contribution in [2.24, 2.45) is 0 Å². The van der Waals surface area contributed by atoms with Gasteiger partial charge in [-0.1, -0.05) is 0 Å². The van der Waals surface area contributed by atoms with Crippen LogP contribution >= 0.6 is 0 Å². The van der Waals surface area contributed by atoms with Gasteiger partial charge in [0.05, 0.1) is 33.4 Å². The van der Waals surface area contributed by atoms with Crippen molar-refractivity contribution in [1.82, 2.24) is 0 Å². The summed E-state index contributed by atoms with van der Waals surface area (Å²) < 4.78 is 17.1. The molecule has 0 aliphatic heterocycles. The summed E-state index contributed by atoms with van der Waals surface area (Å²) >= 11 is 0. The van der Waals surface area contributed by atoms with E-state index >= 15 is 0 Å². The van der Waals surface area contributed by atoms with Gasteiger partial charge < -0.3 is 44.8 Å². The van der Waals surface area contributed by atoms with Crippen LogP contribution in [-0.2, 0) is 19.8 Å². The van der Waals surface area contributed by atoms with E-state index in [1.807, 2.05) is 0 Å². The first kappa shape index (κ1) is 34.0. The fourth-order valence-corrected chi connectivity index (χ4v) is 4.38. The first-order chi connectivity index (χ1) is 22.7. The maximum absolute atomic E-state index is 11.5. The van der Waals surface area contributed by atoms with E-state index in [9.17, 15) is 59.4 Å². The number of aromatic carboxylic acids is 6. The average molecular weight is 661 g/mol. The van der Waals surface area contributed by atoms with E-state index < -0.39 is 35.8 Å². The summed E-state index contributed by atoms with van der Waals surface area (Å²) in [5.41, 5.74) is -0.645. The summed E-state index contributed by atoms with van der Waals surface area (Å²) in [5.74, 6) is -8.46. The van der Waals surface area contributed by atoms with Gasteiger partial charge in [-0.2, -0.15) is 0 Å². The van der Waals surface area contributed by atoms with Crippen LogP contribution in [0.1, 0.15) is 78.8 Å². The zero-order valence-corrected chi connectivity index (χ0v) is 24.4. The zero-order chi connectivity index (χ0) is 35.1. The van der Waals surface area contributed by atoms with Crippen LogP contribution in [0.5, 0.6) is 17.2 Å². The molecule has 4 aromatic rings. The number of carboxylic acid groups (broad SMARTS) is 6. The number of rotatable bonds is 15. The van der Waals surface area contributed by atoms with Gasteiger partial charge in [0.25, 0.3) is 0 Å². The van der Waals surface area contributed by atoms with E-state index in [2.05, 4.69) is 0 Å². The van der Waals surface area contributed by atoms with Gasteiger partial charge in [-0.25, -0.2) is 28.8 Å². The quantitative estimate of drug-likeness (QED) is 0.102. The van der Waals surface area contributed by atoms with Gasteiger partial charge in [-0.3, -0.25) is 0 Å². The highest BCUT2D eigenvalue weighted by molar-refractivity contribution is 5.96. The summed E-state index contributed by atoms with van der Waals surface area (Å²) in [4.78, 5) is 69.0. The fourth-order valence-electron chi connectivity index (χ4n) is 4.38. The van der Waals surface area contributed by atoms with Gasteiger partial charge in [0.2, 0.25) is 0 Å². The van der Waals surface area contributed by atoms with Crippen molar-refractivity contribution in [3.8, 4) is 17.2 Å². The Bertz CT molecular complexity index is 1630. The molecule has 0 aliphatic carbocycles. The predicted octanol–water partition coefficient (Wildman–Crippen LogP) is 4.61. The number of hydrogen-bond acceptors (Lipinski definition) is 9. The number of carbonyl (C=O) groups is 6. The standard InChI is InChI=1S/C33H24O15/c34-28(35)19-4-20(29(36)37)8-25(7-19)46-13-16-1-17(14-47-26-9-21(30(38)39)5-22(10-26)31(40)41)3-18(2-16)15-48-27-11-23(32(42)43)6-24(12-27)33(44)45/h1-12H,13-15H2,(H,34,35)(H,36,37)(H,38,39)(H,40,41)(H,42,43)(H,44,45). The molecule has 0 amide bonds. The van der Waals surface area contributed by atoms with Crippen molar-refractivity contribution in [1.29, 1.82) is 0 Å². The lowest BCUT2D eigenvalue weighted by Crippen LogP contribution is -2.07. The topological polar surface area (TPSA) is 251 Å². The Labute approximate surface area is 269 Å². The van der Waals surface area contributed by atoms with Gasteiger partial charge in [0.1, 0.15) is 37.1 Å². The van der Waals surface area contributed by atoms with Crippen LogP contribution in [0.4, 0.5) is 0 Å². The van der Waals surface area contributed by atoms with E-state index in [1.165, 1.54) is 0 Å². The number of benzene rings is 4. The Morgan fingerprint density at radius 2 is 0.521 bits per heavy atom. The van der Waals surface area contributed by atoms with Crippen LogP contribution in [0.3, 0.4) is 0 Å². The Balaban J connectivity index is 1.65. The third kappa shape index (κ3) is 8.85. The second-order valence-corrected chi connectivity index (χ2v) is 10.1. The van der Waals surface area contributed by atoms with E-state index in [0.717, 1.165) is 54.6 Å². The van der Waals surface area contributed by atoms with Crippen molar-refractivity contribution < 1.29 is 73.6 Å². The summed E-state index contributed by atoms with van der Waals surface area (Å²) in [6, 6.07) is 14.5. The van der Waals surface area contributed by atoms with Crippen LogP contribution < -0.4 is 14.2 Å². The summed E-state index contributed by atoms with van der Waals surface area (Å²) in [5, 5.41) is 56.2. The molecule has 0 spiro atoms. The Morgan fingerprint density at radius 1 is 0.333 bits per heavy atom. The molecular weight excluding hydrogens is 636 g/mol. The van der Waals surface area contributed by atoms with E-state index in [4.69, 9.17) is 14.2 Å². The highest BCUT2D eigenvalue weighted by atomic mass is 16.5. The van der Waals surface area contributed by atoms with Crippen molar-refractivity contribution in [3.63, 3.8) is 0 Å². The summed E-state index contributed by atoms with van der Waals surface area (Å²) in [6.07, 6.45) is 0. The molecule has 4 aromatic carbocycles. The highest BCUT2D eigenvalue weighted by Gasteiger charge is 2.16. The van der Waals surface area contributed by atoms with Crippen molar-refractivity contribution in [3.05, 3.63) is 123 Å². The molecule has 6 N–H and O–H groups in total. The molecule has 0 saturated carbocycles. The molecule has 4 rings (SSSR count). The van der Waals surface area contributed by atoms with Crippen molar-refractivity contribution in [2.45, 2.75) is 19.8 Å². The number of carboxylic acids is 6. The molecule has 246 valence electrons. The molecule has 15 nitrogen and oxygen atoms in total. The van der Waals surface area contributed by atoms with Gasteiger partial charge in [-0.15, -0.1) is 0 Å². The molecule has 0 aromatic heterocycles. The van der Waals surface area contributed by atoms with Crippen LogP contribution in [0.15, 0.2) is 72.8 Å². The molecule has 0 radical (unpaired) electrons. The SMILES string of the molecule is O=C(O)c1cc(OCc2cc(COc3cc(C(=O)O)cc(C(=O)O)c3)cc(COc3cc(C(=O)O)cc(C(=O)O)c3)c2)cc(C(=O)O)c1. The predicted molar refractivity (Wildman–Crippen MR) is 161 cm³/mol. The molecule has 0 heterocycles. The molecule has 48 heavy (non-hydrogen) atoms. The fraction of sp³-hybridized carbons (Fsp3) is 0.0909. The lowest BCUT2D eigenvalue weighted by Gasteiger charge is -2.14. The van der Waals surface area contributed by atoms with E-state index in [0.29, 0.717) is 16.7 Å². The normalized spacial score (nSPS) is 10.5. The molecule has 0 aliphatic rings. The van der Waals surface area contributed by atoms with Crippen LogP contribution in [0, 0.1) is 0 Å². The van der Waals surface area contributed by atoms with Crippen molar-refractivity contribution >= 4 is 35.8 Å². The Morgan fingerprint density at radius 3 is 0.688 bits per heavy atom. The molecule has 0 saturated heterocycles. The van der Waals surface area contributed by atoms with Gasteiger partial charge in [0, 0.05) is 0 Å². The van der Waals surface area contributed by atoms with E-state index in [-0.39, 0.29) is 70.4 Å². The molecular formula is C33H24O15. The van der Waals surface area contributed by atoms with Crippen molar-refractivity contribution in [2.75, 3.05) is 0 Å². The minimum Gasteiger partial charge on any atom is -0.489 e. The monoisotopic (exact) mass is 660 g/mol. The highest BCUT2D eigenvalue weighted by Crippen LogP contribution is 2.24. The molecule has 0 atom stereocenters. The lowest BCUT2D eigenvalue weighted by molar-refractivity contribution is 0.0675. The van der Waals surface area contributed by atoms with Crippen LogP contribution in [0.25, 0.3) is 0 Å². The first-order valence-corrected chi connectivity index (χ1v) is 13.5. The minimum absolute atomic E-state index is 0.0647. The van der Waals surface area contributed by atoms with Gasteiger partial charge >= 0.3 is 35.8 Å². The molecule has 15 heteroatoms. The third-order valence-corrected chi connectivity index (χ3v) is 6.53. The Hall–Kier alpha value is -6.90. The van der Waals surface area contributed by atoms with E-state index in [1.54, 1.807) is 18.2 Å². The second kappa shape index (κ2) is 14.5. The van der Waals surface area contributed by atoms with Crippen LogP contribution in [-0.4, -0.2) is 66.5 Å². The maximum atomic E-state index is 11.5. The lowest BCUT2D eigenvalue weighted by atomic mass is 10.1. The van der Waals surface area contributed by atoms with Crippen LogP contribution in [0.2, 0.25) is 0 Å². The number of hydrogen-bond donors (Lipinski definition) is 6. The molecule has 0 bridgehead atoms. The zero-order valence-electron chi connectivity index (χ0n) is 24.4. The van der Waals surface area contributed by atoms with Gasteiger partial charge in [-0.05, 0) is 89.5 Å². The average Bonchev–Trinajstić information content (AvgIpc) is 3.04. The maximum Gasteiger partial charge on any atom is 0.335 e. The summed E-state index contributed by atoms with van der Waals surface area (Å²) in [7, 11) is 0. The Kier molecular flexibility index (Phi) is 10.2. The third-order valence-electron chi connectivity index (χ3n) is 6.53. The summed E-state index contributed by atoms with van der Waals surface area (Å²) in [6.45, 7) is -0.672.